The highest BCUT2D eigenvalue weighted by atomic mass is 19.4. The van der Waals surface area contributed by atoms with Gasteiger partial charge < -0.3 is 14.3 Å². The molecule has 0 spiro atoms. The fraction of sp³-hybridized carbons (Fsp3) is 0.125. The van der Waals surface area contributed by atoms with Crippen LogP contribution in [0.3, 0.4) is 0 Å². The topological polar surface area (TPSA) is 135 Å². The van der Waals surface area contributed by atoms with E-state index in [0.717, 1.165) is 0 Å². The Balaban J connectivity index is 0.000000345. The summed E-state index contributed by atoms with van der Waals surface area (Å²) >= 11 is 0. The number of hydrogen-bond donors (Lipinski definition) is 3. The molecule has 0 radical (unpaired) electrons. The Morgan fingerprint density at radius 3 is 2.39 bits per heavy atom. The molecule has 9 nitrogen and oxygen atoms in total. The van der Waals surface area contributed by atoms with Crippen molar-refractivity contribution < 1.29 is 42.2 Å². The lowest BCUT2D eigenvalue weighted by atomic mass is 10.2. The maximum absolute atomic E-state index is 11.4. The maximum Gasteiger partial charge on any atom is 0.490 e. The number of hydrogen-bond acceptors (Lipinski definition) is 7. The summed E-state index contributed by atoms with van der Waals surface area (Å²) in [7, 11) is 1.54. The molecule has 2 heterocycles. The minimum atomic E-state index is -5.08. The van der Waals surface area contributed by atoms with Gasteiger partial charge in [-0.15, -0.1) is 0 Å². The number of carboxylic acid groups (broad SMARTS) is 1. The first-order chi connectivity index (χ1) is 13.2. The Labute approximate surface area is 154 Å². The number of aromatic nitrogens is 2. The third-order valence-electron chi connectivity index (χ3n) is 3.19. The molecule has 0 atom stereocenters. The van der Waals surface area contributed by atoms with Crippen molar-refractivity contribution in [1.82, 2.24) is 15.4 Å². The summed E-state index contributed by atoms with van der Waals surface area (Å²) in [4.78, 5) is 28.6. The molecule has 0 aliphatic carbocycles. The third-order valence-corrected chi connectivity index (χ3v) is 3.19. The minimum absolute atomic E-state index is 0.290. The molecular weight excluding hydrogens is 387 g/mol. The van der Waals surface area contributed by atoms with Crippen LogP contribution in [0, 0.1) is 0 Å². The Hall–Kier alpha value is -3.67. The lowest BCUT2D eigenvalue weighted by Crippen LogP contribution is -2.21. The molecule has 0 aliphatic rings. The number of halogens is 3. The zero-order valence-electron chi connectivity index (χ0n) is 14.0. The van der Waals surface area contributed by atoms with Crippen LogP contribution in [-0.2, 0) is 4.79 Å². The molecule has 0 unspecified atom stereocenters. The molecule has 148 valence electrons. The van der Waals surface area contributed by atoms with E-state index in [0.29, 0.717) is 28.4 Å². The standard InChI is InChI=1S/C14H11N3O4.C2HF3O2/c1-20-12-5-3-9(7-15-12)14-16-10-6-8(13(18)17-19)2-4-11(10)21-14;3-2(4,5)1(6)7/h2-7,19H,1H3,(H,17,18);(H,6,7). The zero-order valence-corrected chi connectivity index (χ0v) is 14.0. The number of amides is 1. The summed E-state index contributed by atoms with van der Waals surface area (Å²) in [5, 5.41) is 15.8. The van der Waals surface area contributed by atoms with E-state index < -0.39 is 18.1 Å². The van der Waals surface area contributed by atoms with Gasteiger partial charge in [-0.05, 0) is 24.3 Å². The number of pyridine rings is 1. The van der Waals surface area contributed by atoms with Crippen molar-refractivity contribution in [3.8, 4) is 17.3 Å². The molecule has 0 bridgehead atoms. The number of ether oxygens (including phenoxy) is 1. The molecule has 0 saturated heterocycles. The number of nitrogens with zero attached hydrogens (tertiary/aromatic N) is 2. The third kappa shape index (κ3) is 4.94. The Morgan fingerprint density at radius 2 is 1.89 bits per heavy atom. The molecule has 12 heteroatoms. The van der Waals surface area contributed by atoms with E-state index in [9.17, 15) is 18.0 Å². The average Bonchev–Trinajstić information content (AvgIpc) is 3.10. The van der Waals surface area contributed by atoms with E-state index in [2.05, 4.69) is 9.97 Å². The molecule has 1 amide bonds. The van der Waals surface area contributed by atoms with Gasteiger partial charge in [-0.2, -0.15) is 13.2 Å². The minimum Gasteiger partial charge on any atom is -0.481 e. The number of hydroxylamine groups is 1. The molecule has 2 aromatic heterocycles. The van der Waals surface area contributed by atoms with Crippen LogP contribution in [0.4, 0.5) is 13.2 Å². The quantitative estimate of drug-likeness (QED) is 0.452. The van der Waals surface area contributed by atoms with Gasteiger partial charge in [0.05, 0.1) is 12.7 Å². The van der Waals surface area contributed by atoms with Crippen LogP contribution in [0.2, 0.25) is 0 Å². The van der Waals surface area contributed by atoms with Crippen molar-refractivity contribution in [3.05, 3.63) is 42.1 Å². The molecule has 3 aromatic rings. The second kappa shape index (κ2) is 8.35. The van der Waals surface area contributed by atoms with Gasteiger partial charge in [-0.25, -0.2) is 20.2 Å². The van der Waals surface area contributed by atoms with Gasteiger partial charge in [0, 0.05) is 17.8 Å². The number of oxazole rings is 1. The Kier molecular flexibility index (Phi) is 6.15. The number of nitrogens with one attached hydrogen (secondary N) is 1. The second-order valence-corrected chi connectivity index (χ2v) is 5.03. The first-order valence-corrected chi connectivity index (χ1v) is 7.31. The van der Waals surface area contributed by atoms with Crippen molar-refractivity contribution in [2.75, 3.05) is 7.11 Å². The highest BCUT2D eigenvalue weighted by molar-refractivity contribution is 5.96. The summed E-state index contributed by atoms with van der Waals surface area (Å²) in [5.74, 6) is -2.47. The molecule has 1 aromatic carbocycles. The number of carbonyl (C=O) groups excluding carboxylic acids is 1. The molecule has 3 N–H and O–H groups in total. The summed E-state index contributed by atoms with van der Waals surface area (Å²) < 4.78 is 42.3. The van der Waals surface area contributed by atoms with Crippen LogP contribution in [0.15, 0.2) is 40.9 Å². The number of carboxylic acids is 1. The van der Waals surface area contributed by atoms with E-state index in [4.69, 9.17) is 24.3 Å². The van der Waals surface area contributed by atoms with Gasteiger partial charge in [-0.3, -0.25) is 10.0 Å². The van der Waals surface area contributed by atoms with Crippen molar-refractivity contribution in [2.24, 2.45) is 0 Å². The molecule has 28 heavy (non-hydrogen) atoms. The maximum atomic E-state index is 11.4. The lowest BCUT2D eigenvalue weighted by Gasteiger charge is -1.98. The van der Waals surface area contributed by atoms with Gasteiger partial charge in [0.2, 0.25) is 11.8 Å². The average molecular weight is 399 g/mol. The number of alkyl halides is 3. The summed E-state index contributed by atoms with van der Waals surface area (Å²) in [6.07, 6.45) is -3.50. The zero-order chi connectivity index (χ0) is 20.9. The molecule has 0 saturated carbocycles. The molecule has 3 rings (SSSR count). The number of methoxy groups -OCH3 is 1. The predicted molar refractivity (Wildman–Crippen MR) is 86.7 cm³/mol. The highest BCUT2D eigenvalue weighted by Gasteiger charge is 2.38. The molecule has 0 fully saturated rings. The normalized spacial score (nSPS) is 10.8. The largest absolute Gasteiger partial charge is 0.490 e. The number of aliphatic carboxylic acids is 1. The first-order valence-electron chi connectivity index (χ1n) is 7.31. The SMILES string of the molecule is COc1ccc(-c2nc3cc(C(=O)NO)ccc3o2)cn1.O=C(O)C(F)(F)F. The molecular formula is C16H12F3N3O6. The van der Waals surface area contributed by atoms with E-state index >= 15 is 0 Å². The number of carbonyl (C=O) groups is 2. The van der Waals surface area contributed by atoms with E-state index in [1.54, 1.807) is 29.9 Å². The Bertz CT molecular complexity index is 985. The van der Waals surface area contributed by atoms with Crippen molar-refractivity contribution in [2.45, 2.75) is 6.18 Å². The highest BCUT2D eigenvalue weighted by Crippen LogP contribution is 2.25. The van der Waals surface area contributed by atoms with Crippen LogP contribution < -0.4 is 10.2 Å². The first kappa shape index (κ1) is 20.6. The number of fused-ring (bicyclic) bond motifs is 1. The van der Waals surface area contributed by atoms with Crippen molar-refractivity contribution in [1.29, 1.82) is 0 Å². The van der Waals surface area contributed by atoms with Gasteiger partial charge >= 0.3 is 12.1 Å². The molecule has 0 aliphatic heterocycles. The fourth-order valence-electron chi connectivity index (χ4n) is 1.88. The van der Waals surface area contributed by atoms with E-state index in [1.807, 2.05) is 0 Å². The Morgan fingerprint density at radius 1 is 1.21 bits per heavy atom. The van der Waals surface area contributed by atoms with Crippen LogP contribution in [0.1, 0.15) is 10.4 Å². The summed E-state index contributed by atoms with van der Waals surface area (Å²) in [6, 6.07) is 8.17. The smallest absolute Gasteiger partial charge is 0.481 e. The van der Waals surface area contributed by atoms with E-state index in [-0.39, 0.29) is 5.56 Å². The van der Waals surface area contributed by atoms with Crippen molar-refractivity contribution >= 4 is 23.0 Å². The van der Waals surface area contributed by atoms with Gasteiger partial charge in [0.25, 0.3) is 5.91 Å². The van der Waals surface area contributed by atoms with Gasteiger partial charge in [0.1, 0.15) is 5.52 Å². The summed E-state index contributed by atoms with van der Waals surface area (Å²) in [6.45, 7) is 0. The van der Waals surface area contributed by atoms with E-state index in [1.165, 1.54) is 19.2 Å². The fourth-order valence-corrected chi connectivity index (χ4v) is 1.88. The summed E-state index contributed by atoms with van der Waals surface area (Å²) in [5.41, 5.74) is 3.61. The van der Waals surface area contributed by atoms with Crippen LogP contribution in [-0.4, -0.2) is 45.4 Å². The van der Waals surface area contributed by atoms with Crippen LogP contribution >= 0.6 is 0 Å². The number of rotatable bonds is 3. The van der Waals surface area contributed by atoms with Crippen LogP contribution in [0.25, 0.3) is 22.6 Å². The van der Waals surface area contributed by atoms with Crippen LogP contribution in [0.5, 0.6) is 5.88 Å². The van der Waals surface area contributed by atoms with Crippen molar-refractivity contribution in [3.63, 3.8) is 0 Å². The second-order valence-electron chi connectivity index (χ2n) is 5.03. The predicted octanol–water partition coefficient (Wildman–Crippen LogP) is 2.65. The number of benzene rings is 1. The monoisotopic (exact) mass is 399 g/mol. The van der Waals surface area contributed by atoms with Gasteiger partial charge in [-0.1, -0.05) is 0 Å². The lowest BCUT2D eigenvalue weighted by molar-refractivity contribution is -0.192. The van der Waals surface area contributed by atoms with Gasteiger partial charge in [0.15, 0.2) is 5.58 Å².